The Bertz CT molecular complexity index is 595. The summed E-state index contributed by atoms with van der Waals surface area (Å²) in [5.74, 6) is 0.142. The summed E-state index contributed by atoms with van der Waals surface area (Å²) in [7, 11) is 0. The van der Waals surface area contributed by atoms with Gasteiger partial charge in [0, 0.05) is 25.0 Å². The van der Waals surface area contributed by atoms with E-state index in [-0.39, 0.29) is 0 Å². The van der Waals surface area contributed by atoms with E-state index in [1.807, 2.05) is 36.1 Å². The van der Waals surface area contributed by atoms with Crippen LogP contribution in [0.5, 0.6) is 0 Å². The molecule has 20 heavy (non-hydrogen) atoms. The van der Waals surface area contributed by atoms with E-state index >= 15 is 0 Å². The summed E-state index contributed by atoms with van der Waals surface area (Å²) in [5.41, 5.74) is 13.3. The van der Waals surface area contributed by atoms with Crippen LogP contribution in [-0.4, -0.2) is 17.4 Å². The number of carbonyl (C=O) groups is 1. The first-order chi connectivity index (χ1) is 9.61. The Kier molecular flexibility index (Phi) is 4.20. The largest absolute Gasteiger partial charge is 0.399 e. The lowest BCUT2D eigenvalue weighted by molar-refractivity contribution is 0.100. The molecule has 1 amide bonds. The normalized spacial score (nSPS) is 10.2. The maximum absolute atomic E-state index is 11.5. The molecule has 2 rings (SSSR count). The van der Waals surface area contributed by atoms with Crippen molar-refractivity contribution in [1.82, 2.24) is 4.98 Å². The lowest BCUT2D eigenvalue weighted by Gasteiger charge is -2.23. The zero-order chi connectivity index (χ0) is 14.5. The number of primary amides is 1. The van der Waals surface area contributed by atoms with Crippen LogP contribution in [0.2, 0.25) is 0 Å². The zero-order valence-electron chi connectivity index (χ0n) is 11.4. The third kappa shape index (κ3) is 3.06. The molecule has 0 saturated carbocycles. The Balaban J connectivity index is 2.28. The summed E-state index contributed by atoms with van der Waals surface area (Å²) in [6, 6.07) is 11.0. The summed E-state index contributed by atoms with van der Waals surface area (Å²) in [4.78, 5) is 17.8. The first-order valence-electron chi connectivity index (χ1n) is 6.46. The van der Waals surface area contributed by atoms with Crippen molar-refractivity contribution in [2.45, 2.75) is 13.5 Å². The Morgan fingerprint density at radius 1 is 1.25 bits per heavy atom. The standard InChI is InChI=1S/C15H18N4O/c1-2-19(10-11-5-7-12(16)8-6-11)15-13(14(17)20)4-3-9-18-15/h3-9H,2,10,16H2,1H3,(H2,17,20). The second kappa shape index (κ2) is 6.06. The van der Waals surface area contributed by atoms with Gasteiger partial charge in [-0.05, 0) is 36.8 Å². The van der Waals surface area contributed by atoms with Gasteiger partial charge >= 0.3 is 0 Å². The minimum atomic E-state index is -0.469. The minimum absolute atomic E-state index is 0.435. The number of nitrogens with zero attached hydrogens (tertiary/aromatic N) is 2. The number of nitrogen functional groups attached to an aromatic ring is 1. The van der Waals surface area contributed by atoms with Crippen molar-refractivity contribution in [3.05, 3.63) is 53.7 Å². The number of amides is 1. The topological polar surface area (TPSA) is 85.2 Å². The third-order valence-electron chi connectivity index (χ3n) is 3.09. The van der Waals surface area contributed by atoms with E-state index in [0.717, 1.165) is 17.8 Å². The highest BCUT2D eigenvalue weighted by Crippen LogP contribution is 2.19. The van der Waals surface area contributed by atoms with Crippen LogP contribution < -0.4 is 16.4 Å². The van der Waals surface area contributed by atoms with Crippen molar-refractivity contribution < 1.29 is 4.79 Å². The van der Waals surface area contributed by atoms with Gasteiger partial charge in [-0.2, -0.15) is 0 Å². The molecule has 0 unspecified atom stereocenters. The van der Waals surface area contributed by atoms with Crippen LogP contribution in [0.15, 0.2) is 42.6 Å². The fraction of sp³-hybridized carbons (Fsp3) is 0.200. The highest BCUT2D eigenvalue weighted by molar-refractivity contribution is 5.97. The van der Waals surface area contributed by atoms with E-state index < -0.39 is 5.91 Å². The van der Waals surface area contributed by atoms with Crippen LogP contribution >= 0.6 is 0 Å². The van der Waals surface area contributed by atoms with Gasteiger partial charge in [0.1, 0.15) is 5.82 Å². The molecule has 1 aromatic heterocycles. The molecule has 5 heteroatoms. The van der Waals surface area contributed by atoms with Crippen molar-refractivity contribution in [1.29, 1.82) is 0 Å². The van der Waals surface area contributed by atoms with E-state index in [2.05, 4.69) is 4.98 Å². The lowest BCUT2D eigenvalue weighted by atomic mass is 10.1. The minimum Gasteiger partial charge on any atom is -0.399 e. The van der Waals surface area contributed by atoms with Gasteiger partial charge in [-0.3, -0.25) is 4.79 Å². The number of anilines is 2. The van der Waals surface area contributed by atoms with Gasteiger partial charge in [0.05, 0.1) is 5.56 Å². The maximum atomic E-state index is 11.5. The van der Waals surface area contributed by atoms with Gasteiger partial charge in [-0.25, -0.2) is 4.98 Å². The Labute approximate surface area is 118 Å². The van der Waals surface area contributed by atoms with Gasteiger partial charge in [-0.15, -0.1) is 0 Å². The average Bonchev–Trinajstić information content (AvgIpc) is 2.46. The predicted molar refractivity (Wildman–Crippen MR) is 80.3 cm³/mol. The molecule has 104 valence electrons. The Morgan fingerprint density at radius 3 is 2.55 bits per heavy atom. The molecule has 0 bridgehead atoms. The van der Waals surface area contributed by atoms with Gasteiger partial charge < -0.3 is 16.4 Å². The molecule has 1 heterocycles. The number of carbonyl (C=O) groups excluding carboxylic acids is 1. The number of pyridine rings is 1. The molecule has 0 aliphatic rings. The van der Waals surface area contributed by atoms with Gasteiger partial charge in [0.2, 0.25) is 0 Å². The molecule has 4 N–H and O–H groups in total. The van der Waals surface area contributed by atoms with Crippen molar-refractivity contribution in [2.24, 2.45) is 5.73 Å². The first-order valence-corrected chi connectivity index (χ1v) is 6.46. The smallest absolute Gasteiger partial charge is 0.252 e. The number of nitrogens with two attached hydrogens (primary N) is 2. The fourth-order valence-corrected chi connectivity index (χ4v) is 2.02. The molecule has 0 fully saturated rings. The van der Waals surface area contributed by atoms with Crippen LogP contribution in [0.4, 0.5) is 11.5 Å². The van der Waals surface area contributed by atoms with Crippen LogP contribution in [0.1, 0.15) is 22.8 Å². The number of benzene rings is 1. The van der Waals surface area contributed by atoms with Crippen molar-refractivity contribution >= 4 is 17.4 Å². The molecule has 0 radical (unpaired) electrons. The van der Waals surface area contributed by atoms with Crippen LogP contribution in [0, 0.1) is 0 Å². The second-order valence-electron chi connectivity index (χ2n) is 4.49. The highest BCUT2D eigenvalue weighted by Gasteiger charge is 2.14. The van der Waals surface area contributed by atoms with Crippen molar-refractivity contribution in [2.75, 3.05) is 17.2 Å². The maximum Gasteiger partial charge on any atom is 0.252 e. The highest BCUT2D eigenvalue weighted by atomic mass is 16.1. The van der Waals surface area contributed by atoms with Gasteiger partial charge in [0.25, 0.3) is 5.91 Å². The van der Waals surface area contributed by atoms with Crippen molar-refractivity contribution in [3.63, 3.8) is 0 Å². The fourth-order valence-electron chi connectivity index (χ4n) is 2.02. The monoisotopic (exact) mass is 270 g/mol. The van der Waals surface area contributed by atoms with E-state index in [1.54, 1.807) is 18.3 Å². The van der Waals surface area contributed by atoms with Crippen LogP contribution in [0.25, 0.3) is 0 Å². The van der Waals surface area contributed by atoms with Crippen LogP contribution in [-0.2, 0) is 6.54 Å². The van der Waals surface area contributed by atoms with E-state index in [1.165, 1.54) is 0 Å². The molecule has 2 aromatic rings. The van der Waals surface area contributed by atoms with Crippen molar-refractivity contribution in [3.8, 4) is 0 Å². The van der Waals surface area contributed by atoms with Gasteiger partial charge in [-0.1, -0.05) is 12.1 Å². The summed E-state index contributed by atoms with van der Waals surface area (Å²) < 4.78 is 0. The molecular formula is C15H18N4O. The summed E-state index contributed by atoms with van der Waals surface area (Å²) in [6.07, 6.45) is 1.66. The average molecular weight is 270 g/mol. The molecule has 0 spiro atoms. The Morgan fingerprint density at radius 2 is 1.95 bits per heavy atom. The third-order valence-corrected chi connectivity index (χ3v) is 3.09. The zero-order valence-corrected chi connectivity index (χ0v) is 11.4. The molecule has 1 aromatic carbocycles. The SMILES string of the molecule is CCN(Cc1ccc(N)cc1)c1ncccc1C(N)=O. The molecule has 0 aliphatic heterocycles. The summed E-state index contributed by atoms with van der Waals surface area (Å²) in [5, 5.41) is 0. The first kappa shape index (κ1) is 13.9. The molecule has 0 saturated heterocycles. The van der Waals surface area contributed by atoms with E-state index in [9.17, 15) is 4.79 Å². The number of rotatable bonds is 5. The number of hydrogen-bond acceptors (Lipinski definition) is 4. The van der Waals surface area contributed by atoms with Gasteiger partial charge in [0.15, 0.2) is 0 Å². The predicted octanol–water partition coefficient (Wildman–Crippen LogP) is 1.79. The van der Waals surface area contributed by atoms with E-state index in [4.69, 9.17) is 11.5 Å². The molecular weight excluding hydrogens is 252 g/mol. The Hall–Kier alpha value is -2.56. The molecule has 5 nitrogen and oxygen atoms in total. The van der Waals surface area contributed by atoms with Crippen LogP contribution in [0.3, 0.4) is 0 Å². The molecule has 0 aliphatic carbocycles. The number of aromatic nitrogens is 1. The number of hydrogen-bond donors (Lipinski definition) is 2. The summed E-state index contributed by atoms with van der Waals surface area (Å²) in [6.45, 7) is 3.38. The lowest BCUT2D eigenvalue weighted by Crippen LogP contribution is -2.26. The molecule has 0 atom stereocenters. The van der Waals surface area contributed by atoms with E-state index in [0.29, 0.717) is 17.9 Å². The second-order valence-corrected chi connectivity index (χ2v) is 4.49. The summed E-state index contributed by atoms with van der Waals surface area (Å²) >= 11 is 0. The quantitative estimate of drug-likeness (QED) is 0.811.